The van der Waals surface area contributed by atoms with Crippen molar-refractivity contribution < 1.29 is 0 Å². The minimum atomic E-state index is -0.0245. The fourth-order valence-electron chi connectivity index (χ4n) is 9.04. The van der Waals surface area contributed by atoms with Crippen molar-refractivity contribution in [2.24, 2.45) is 11.8 Å². The highest BCUT2D eigenvalue weighted by Crippen LogP contribution is 2.52. The maximum Gasteiger partial charge on any atom is 0.0467 e. The van der Waals surface area contributed by atoms with Crippen LogP contribution in [0.2, 0.25) is 0 Å². The van der Waals surface area contributed by atoms with Crippen molar-refractivity contribution in [1.29, 1.82) is 0 Å². The zero-order valence-electron chi connectivity index (χ0n) is 26.7. The maximum absolute atomic E-state index is 2.57. The Morgan fingerprint density at radius 3 is 2.05 bits per heavy atom. The molecule has 2 fully saturated rings. The molecule has 0 heterocycles. The first-order valence-corrected chi connectivity index (χ1v) is 17.5. The highest BCUT2D eigenvalue weighted by molar-refractivity contribution is 5.89. The second kappa shape index (κ2) is 11.4. The molecule has 2 saturated carbocycles. The summed E-state index contributed by atoms with van der Waals surface area (Å²) in [6, 6.07) is 30.5. The lowest BCUT2D eigenvalue weighted by atomic mass is 9.77. The second-order valence-electron chi connectivity index (χ2n) is 14.6. The summed E-state index contributed by atoms with van der Waals surface area (Å²) in [5.74, 6) is 2.27. The topological polar surface area (TPSA) is 3.24 Å². The Balaban J connectivity index is 1.18. The molecule has 4 aliphatic carbocycles. The van der Waals surface area contributed by atoms with Gasteiger partial charge in [0.15, 0.2) is 0 Å². The van der Waals surface area contributed by atoms with Crippen molar-refractivity contribution >= 4 is 22.1 Å². The molecule has 0 aliphatic heterocycles. The molecule has 4 aromatic rings. The Labute approximate surface area is 264 Å². The van der Waals surface area contributed by atoms with Crippen molar-refractivity contribution in [2.75, 3.05) is 4.90 Å². The predicted molar refractivity (Wildman–Crippen MR) is 188 cm³/mol. The zero-order chi connectivity index (χ0) is 29.7. The van der Waals surface area contributed by atoms with Crippen LogP contribution in [0.4, 0.5) is 11.4 Å². The predicted octanol–water partition coefficient (Wildman–Crippen LogP) is 12.4. The Bertz CT molecular complexity index is 1740. The Morgan fingerprint density at radius 1 is 0.636 bits per heavy atom. The third kappa shape index (κ3) is 4.93. The van der Waals surface area contributed by atoms with Gasteiger partial charge in [0, 0.05) is 22.5 Å². The molecule has 224 valence electrons. The van der Waals surface area contributed by atoms with Crippen LogP contribution in [0.1, 0.15) is 107 Å². The lowest BCUT2D eigenvalue weighted by Crippen LogP contribution is -2.22. The summed E-state index contributed by atoms with van der Waals surface area (Å²) in [5.41, 5.74) is 11.2. The van der Waals surface area contributed by atoms with E-state index in [1.165, 1.54) is 114 Å². The zero-order valence-corrected chi connectivity index (χ0v) is 26.7. The molecular weight excluding hydrogens is 530 g/mol. The first kappa shape index (κ1) is 27.9. The number of fused-ring (bicyclic) bond motifs is 4. The molecule has 0 saturated heterocycles. The molecular formula is C43H47N. The summed E-state index contributed by atoms with van der Waals surface area (Å²) >= 11 is 0. The van der Waals surface area contributed by atoms with Crippen LogP contribution in [0, 0.1) is 11.8 Å². The number of benzene rings is 4. The van der Waals surface area contributed by atoms with Crippen LogP contribution in [0.5, 0.6) is 0 Å². The number of anilines is 2. The average molecular weight is 578 g/mol. The van der Waals surface area contributed by atoms with E-state index in [4.69, 9.17) is 0 Å². The summed E-state index contributed by atoms with van der Waals surface area (Å²) in [5, 5.41) is 2.58. The van der Waals surface area contributed by atoms with Gasteiger partial charge in [0.1, 0.15) is 0 Å². The van der Waals surface area contributed by atoms with E-state index in [2.05, 4.69) is 116 Å². The largest absolute Gasteiger partial charge is 0.311 e. The van der Waals surface area contributed by atoms with Crippen molar-refractivity contribution in [2.45, 2.75) is 95.8 Å². The summed E-state index contributed by atoms with van der Waals surface area (Å²) in [4.78, 5) is 2.52. The van der Waals surface area contributed by atoms with Gasteiger partial charge in [-0.2, -0.15) is 0 Å². The lowest BCUT2D eigenvalue weighted by molar-refractivity contribution is 0.285. The molecule has 8 rings (SSSR count). The van der Waals surface area contributed by atoms with Crippen LogP contribution in [0.3, 0.4) is 0 Å². The summed E-state index contributed by atoms with van der Waals surface area (Å²) in [6.45, 7) is 4.89. The van der Waals surface area contributed by atoms with Gasteiger partial charge in [-0.1, -0.05) is 119 Å². The van der Waals surface area contributed by atoms with Gasteiger partial charge in [-0.05, 0) is 119 Å². The van der Waals surface area contributed by atoms with E-state index in [1.807, 2.05) is 0 Å². The second-order valence-corrected chi connectivity index (χ2v) is 14.6. The van der Waals surface area contributed by atoms with E-state index in [1.54, 1.807) is 5.56 Å². The summed E-state index contributed by atoms with van der Waals surface area (Å²) in [7, 11) is 0. The highest BCUT2D eigenvalue weighted by atomic mass is 15.1. The van der Waals surface area contributed by atoms with E-state index in [0.29, 0.717) is 5.92 Å². The van der Waals surface area contributed by atoms with Gasteiger partial charge in [-0.25, -0.2) is 0 Å². The minimum Gasteiger partial charge on any atom is -0.311 e. The van der Waals surface area contributed by atoms with Gasteiger partial charge in [0.05, 0.1) is 0 Å². The van der Waals surface area contributed by atoms with Crippen LogP contribution in [-0.2, 0) is 5.41 Å². The monoisotopic (exact) mass is 577 g/mol. The molecule has 1 atom stereocenters. The molecule has 0 spiro atoms. The molecule has 0 aromatic heterocycles. The van der Waals surface area contributed by atoms with Crippen molar-refractivity contribution in [3.05, 3.63) is 119 Å². The van der Waals surface area contributed by atoms with E-state index in [9.17, 15) is 0 Å². The van der Waals surface area contributed by atoms with Gasteiger partial charge >= 0.3 is 0 Å². The number of rotatable bonds is 5. The SMILES string of the molecule is CC1(C)c2cc(C3CCCCC3)ccc2-c2ccc(N(C3=CCC(C4CCCCC4)C=C3)c3ccc4ccccc4c3)cc21. The molecule has 0 N–H and O–H groups in total. The van der Waals surface area contributed by atoms with Crippen LogP contribution < -0.4 is 4.90 Å². The van der Waals surface area contributed by atoms with E-state index >= 15 is 0 Å². The standard InChI is InChI=1S/C43H47N/c1-43(2)41-28-35(31-13-7-4-8-14-31)20-25-39(41)40-26-24-38(29-42(40)43)44(37-23-19-32-15-9-10-16-34(32)27-37)36-21-17-33(18-22-36)30-11-5-3-6-12-30/h9-10,15-17,19-31,33H,3-8,11-14,18H2,1-2H3. The Morgan fingerprint density at radius 2 is 1.30 bits per heavy atom. The van der Waals surface area contributed by atoms with Gasteiger partial charge in [0.25, 0.3) is 0 Å². The maximum atomic E-state index is 2.57. The average Bonchev–Trinajstić information content (AvgIpc) is 3.31. The van der Waals surface area contributed by atoms with Crippen LogP contribution in [0.25, 0.3) is 21.9 Å². The van der Waals surface area contributed by atoms with Gasteiger partial charge in [-0.15, -0.1) is 0 Å². The Hall–Kier alpha value is -3.58. The van der Waals surface area contributed by atoms with E-state index in [-0.39, 0.29) is 5.41 Å². The van der Waals surface area contributed by atoms with Crippen molar-refractivity contribution in [3.8, 4) is 11.1 Å². The van der Waals surface area contributed by atoms with E-state index < -0.39 is 0 Å². The number of allylic oxidation sites excluding steroid dienone is 3. The number of nitrogens with zero attached hydrogens (tertiary/aromatic N) is 1. The molecule has 1 nitrogen and oxygen atoms in total. The Kier molecular flexibility index (Phi) is 7.24. The lowest BCUT2D eigenvalue weighted by Gasteiger charge is -2.33. The molecule has 1 heteroatoms. The molecule has 0 radical (unpaired) electrons. The molecule has 1 unspecified atom stereocenters. The molecule has 0 bridgehead atoms. The van der Waals surface area contributed by atoms with Crippen LogP contribution >= 0.6 is 0 Å². The van der Waals surface area contributed by atoms with Gasteiger partial charge < -0.3 is 4.90 Å². The normalized spacial score (nSPS) is 21.6. The van der Waals surface area contributed by atoms with Gasteiger partial charge in [-0.3, -0.25) is 0 Å². The van der Waals surface area contributed by atoms with Gasteiger partial charge in [0.2, 0.25) is 0 Å². The summed E-state index contributed by atoms with van der Waals surface area (Å²) < 4.78 is 0. The molecule has 4 aromatic carbocycles. The minimum absolute atomic E-state index is 0.0245. The van der Waals surface area contributed by atoms with Crippen LogP contribution in [0.15, 0.2) is 103 Å². The number of hydrogen-bond acceptors (Lipinski definition) is 1. The van der Waals surface area contributed by atoms with E-state index in [0.717, 1.165) is 18.3 Å². The quantitative estimate of drug-likeness (QED) is 0.228. The summed E-state index contributed by atoms with van der Waals surface area (Å²) in [6.07, 6.45) is 22.5. The van der Waals surface area contributed by atoms with Crippen LogP contribution in [-0.4, -0.2) is 0 Å². The third-order valence-electron chi connectivity index (χ3n) is 11.6. The smallest absolute Gasteiger partial charge is 0.0467 e. The van der Waals surface area contributed by atoms with Crippen molar-refractivity contribution in [3.63, 3.8) is 0 Å². The fraction of sp³-hybridized carbons (Fsp3) is 0.395. The molecule has 4 aliphatic rings. The third-order valence-corrected chi connectivity index (χ3v) is 11.6. The first-order chi connectivity index (χ1) is 21.6. The number of hydrogen-bond donors (Lipinski definition) is 0. The first-order valence-electron chi connectivity index (χ1n) is 17.5. The molecule has 44 heavy (non-hydrogen) atoms. The highest BCUT2D eigenvalue weighted by Gasteiger charge is 2.37. The van der Waals surface area contributed by atoms with Crippen molar-refractivity contribution in [1.82, 2.24) is 0 Å². The molecule has 0 amide bonds. The fourth-order valence-corrected chi connectivity index (χ4v) is 9.04.